The van der Waals surface area contributed by atoms with E-state index in [9.17, 15) is 9.59 Å². The van der Waals surface area contributed by atoms with Gasteiger partial charge in [-0.05, 0) is 24.6 Å². The molecule has 0 unspecified atom stereocenters. The van der Waals surface area contributed by atoms with Gasteiger partial charge < -0.3 is 9.52 Å². The van der Waals surface area contributed by atoms with Crippen molar-refractivity contribution >= 4 is 17.1 Å². The number of nitrogens with one attached hydrogen (secondary N) is 1. The van der Waals surface area contributed by atoms with Gasteiger partial charge in [0.1, 0.15) is 0 Å². The second-order valence-electron chi connectivity index (χ2n) is 2.99. The number of hydrogen-bond donors (Lipinski definition) is 2. The number of carboxylic acids is 1. The molecule has 0 amide bonds. The Balaban J connectivity index is 2.84. The first-order valence-corrected chi connectivity index (χ1v) is 3.94. The highest BCUT2D eigenvalue weighted by Crippen LogP contribution is 2.17. The van der Waals surface area contributed by atoms with Crippen LogP contribution in [0.5, 0.6) is 0 Å². The van der Waals surface area contributed by atoms with Crippen molar-refractivity contribution in [2.45, 2.75) is 6.92 Å². The van der Waals surface area contributed by atoms with E-state index in [-0.39, 0.29) is 5.56 Å². The molecule has 0 atom stereocenters. The zero-order valence-corrected chi connectivity index (χ0v) is 7.33. The van der Waals surface area contributed by atoms with Gasteiger partial charge in [-0.15, -0.1) is 0 Å². The average molecular weight is 193 g/mol. The van der Waals surface area contributed by atoms with Crippen molar-refractivity contribution in [3.8, 4) is 0 Å². The molecule has 72 valence electrons. The van der Waals surface area contributed by atoms with Crippen LogP contribution in [0.2, 0.25) is 0 Å². The first-order chi connectivity index (χ1) is 6.58. The van der Waals surface area contributed by atoms with Gasteiger partial charge in [0.15, 0.2) is 5.58 Å². The van der Waals surface area contributed by atoms with Gasteiger partial charge in [0.25, 0.3) is 0 Å². The lowest BCUT2D eigenvalue weighted by Crippen LogP contribution is -1.97. The summed E-state index contributed by atoms with van der Waals surface area (Å²) in [6.07, 6.45) is 0. The van der Waals surface area contributed by atoms with E-state index in [2.05, 4.69) is 4.98 Å². The molecular formula is C9H7NO4. The van der Waals surface area contributed by atoms with Crippen LogP contribution in [0.15, 0.2) is 21.3 Å². The number of rotatable bonds is 1. The fraction of sp³-hybridized carbons (Fsp3) is 0.111. The van der Waals surface area contributed by atoms with Crippen LogP contribution in [0.3, 0.4) is 0 Å². The summed E-state index contributed by atoms with van der Waals surface area (Å²) >= 11 is 0. The van der Waals surface area contributed by atoms with Crippen molar-refractivity contribution in [2.75, 3.05) is 0 Å². The number of aromatic nitrogens is 1. The van der Waals surface area contributed by atoms with Crippen molar-refractivity contribution in [1.82, 2.24) is 4.98 Å². The molecule has 0 radical (unpaired) electrons. The summed E-state index contributed by atoms with van der Waals surface area (Å²) in [5, 5.41) is 8.75. The molecule has 5 heteroatoms. The minimum Gasteiger partial charge on any atom is -0.478 e. The van der Waals surface area contributed by atoms with Crippen LogP contribution in [-0.2, 0) is 0 Å². The van der Waals surface area contributed by atoms with E-state index in [1.54, 1.807) is 6.92 Å². The van der Waals surface area contributed by atoms with Crippen molar-refractivity contribution < 1.29 is 14.3 Å². The Morgan fingerprint density at radius 3 is 2.86 bits per heavy atom. The molecule has 1 aromatic heterocycles. The Bertz CT molecular complexity index is 564. The summed E-state index contributed by atoms with van der Waals surface area (Å²) in [7, 11) is 0. The molecule has 1 aromatic carbocycles. The average Bonchev–Trinajstić information content (AvgIpc) is 2.45. The summed E-state index contributed by atoms with van der Waals surface area (Å²) in [4.78, 5) is 23.9. The number of carbonyl (C=O) groups is 1. The molecule has 14 heavy (non-hydrogen) atoms. The first-order valence-electron chi connectivity index (χ1n) is 3.94. The van der Waals surface area contributed by atoms with Crippen LogP contribution in [0.1, 0.15) is 15.9 Å². The lowest BCUT2D eigenvalue weighted by Gasteiger charge is -1.96. The number of oxazole rings is 1. The van der Waals surface area contributed by atoms with E-state index in [4.69, 9.17) is 9.52 Å². The molecule has 2 rings (SSSR count). The molecule has 0 saturated carbocycles. The van der Waals surface area contributed by atoms with Gasteiger partial charge in [-0.3, -0.25) is 4.98 Å². The van der Waals surface area contributed by atoms with Gasteiger partial charge >= 0.3 is 11.7 Å². The van der Waals surface area contributed by atoms with Crippen molar-refractivity contribution in [3.63, 3.8) is 0 Å². The molecule has 2 N–H and O–H groups in total. The fourth-order valence-electron chi connectivity index (χ4n) is 1.35. The highest BCUT2D eigenvalue weighted by molar-refractivity contribution is 5.92. The number of benzene rings is 1. The predicted molar refractivity (Wildman–Crippen MR) is 48.5 cm³/mol. The van der Waals surface area contributed by atoms with E-state index >= 15 is 0 Å². The number of aromatic amines is 1. The van der Waals surface area contributed by atoms with E-state index in [1.165, 1.54) is 12.1 Å². The number of aryl methyl sites for hydroxylation is 1. The molecule has 0 aliphatic rings. The summed E-state index contributed by atoms with van der Waals surface area (Å²) in [5.41, 5.74) is 1.57. The Labute approximate surface area is 78.0 Å². The van der Waals surface area contributed by atoms with Crippen LogP contribution in [-0.4, -0.2) is 16.1 Å². The second kappa shape index (κ2) is 2.73. The molecule has 0 aliphatic heterocycles. The van der Waals surface area contributed by atoms with Gasteiger partial charge in [-0.1, -0.05) is 0 Å². The maximum absolute atomic E-state index is 10.9. The third kappa shape index (κ3) is 1.19. The molecule has 0 saturated heterocycles. The zero-order valence-electron chi connectivity index (χ0n) is 7.33. The lowest BCUT2D eigenvalue weighted by molar-refractivity contribution is 0.0697. The van der Waals surface area contributed by atoms with Crippen LogP contribution < -0.4 is 5.76 Å². The summed E-state index contributed by atoms with van der Waals surface area (Å²) in [6, 6.07) is 2.83. The maximum Gasteiger partial charge on any atom is 0.417 e. The molecule has 0 bridgehead atoms. The van der Waals surface area contributed by atoms with Crippen LogP contribution in [0.4, 0.5) is 0 Å². The molecule has 5 nitrogen and oxygen atoms in total. The fourth-order valence-corrected chi connectivity index (χ4v) is 1.35. The smallest absolute Gasteiger partial charge is 0.417 e. The van der Waals surface area contributed by atoms with Crippen molar-refractivity contribution in [3.05, 3.63) is 33.8 Å². The van der Waals surface area contributed by atoms with E-state index in [0.717, 1.165) is 0 Å². The minimum atomic E-state index is -1.03. The Hall–Kier alpha value is -2.04. The minimum absolute atomic E-state index is 0.132. The number of fused-ring (bicyclic) bond motifs is 1. The largest absolute Gasteiger partial charge is 0.478 e. The van der Waals surface area contributed by atoms with Gasteiger partial charge in [-0.2, -0.15) is 0 Å². The van der Waals surface area contributed by atoms with Crippen molar-refractivity contribution in [1.29, 1.82) is 0 Å². The monoisotopic (exact) mass is 193 g/mol. The van der Waals surface area contributed by atoms with Gasteiger partial charge in [0.2, 0.25) is 0 Å². The number of aromatic carboxylic acids is 1. The number of H-pyrrole nitrogens is 1. The SMILES string of the molecule is Cc1cc(C(=O)O)cc2[nH]c(=O)oc12. The Kier molecular flexibility index (Phi) is 1.67. The summed E-state index contributed by atoms with van der Waals surface area (Å²) in [6.45, 7) is 1.69. The van der Waals surface area contributed by atoms with Gasteiger partial charge in [0.05, 0.1) is 11.1 Å². The van der Waals surface area contributed by atoms with Crippen LogP contribution in [0, 0.1) is 6.92 Å². The van der Waals surface area contributed by atoms with E-state index in [0.29, 0.717) is 16.7 Å². The predicted octanol–water partition coefficient (Wildman–Crippen LogP) is 1.13. The molecular weight excluding hydrogens is 186 g/mol. The van der Waals surface area contributed by atoms with Crippen LogP contribution >= 0.6 is 0 Å². The van der Waals surface area contributed by atoms with Gasteiger partial charge in [0, 0.05) is 0 Å². The zero-order chi connectivity index (χ0) is 10.3. The molecule has 0 aliphatic carbocycles. The maximum atomic E-state index is 10.9. The first kappa shape index (κ1) is 8.55. The molecule has 0 spiro atoms. The summed E-state index contributed by atoms with van der Waals surface area (Å²) < 4.78 is 4.83. The highest BCUT2D eigenvalue weighted by atomic mass is 16.4. The Morgan fingerprint density at radius 1 is 1.50 bits per heavy atom. The third-order valence-electron chi connectivity index (χ3n) is 1.95. The van der Waals surface area contributed by atoms with Crippen molar-refractivity contribution in [2.24, 2.45) is 0 Å². The second-order valence-corrected chi connectivity index (χ2v) is 2.99. The summed E-state index contributed by atoms with van der Waals surface area (Å²) in [5.74, 6) is -1.61. The Morgan fingerprint density at radius 2 is 2.21 bits per heavy atom. The quantitative estimate of drug-likeness (QED) is 0.711. The van der Waals surface area contributed by atoms with E-state index in [1.807, 2.05) is 0 Å². The number of hydrogen-bond acceptors (Lipinski definition) is 3. The molecule has 2 aromatic rings. The normalized spacial score (nSPS) is 10.6. The topological polar surface area (TPSA) is 83.3 Å². The van der Waals surface area contributed by atoms with Gasteiger partial charge in [-0.25, -0.2) is 9.59 Å². The highest BCUT2D eigenvalue weighted by Gasteiger charge is 2.10. The van der Waals surface area contributed by atoms with E-state index < -0.39 is 11.7 Å². The standard InChI is InChI=1S/C9H7NO4/c1-4-2-5(8(11)12)3-6-7(4)14-9(13)10-6/h2-3H,1H3,(H,10,13)(H,11,12). The van der Waals surface area contributed by atoms with Crippen LogP contribution in [0.25, 0.3) is 11.1 Å². The number of carboxylic acid groups (broad SMARTS) is 1. The third-order valence-corrected chi connectivity index (χ3v) is 1.95. The lowest BCUT2D eigenvalue weighted by atomic mass is 10.1. The molecule has 1 heterocycles. The molecule has 0 fully saturated rings.